The molecule has 1 aliphatic heterocycles. The maximum atomic E-state index is 14.5. The molecule has 0 radical (unpaired) electrons. The second-order valence-corrected chi connectivity index (χ2v) is 9.09. The van der Waals surface area contributed by atoms with E-state index in [9.17, 15) is 22.0 Å². The van der Waals surface area contributed by atoms with Gasteiger partial charge in [0.25, 0.3) is 5.56 Å². The summed E-state index contributed by atoms with van der Waals surface area (Å²) in [7, 11) is -3.73. The lowest BCUT2D eigenvalue weighted by Gasteiger charge is -2.28. The molecule has 1 aromatic heterocycles. The largest absolute Gasteiger partial charge is 0.336 e. The van der Waals surface area contributed by atoms with Crippen LogP contribution in [-0.2, 0) is 9.84 Å². The van der Waals surface area contributed by atoms with Gasteiger partial charge in [-0.25, -0.2) is 22.2 Å². The zero-order valence-electron chi connectivity index (χ0n) is 16.1. The first-order valence-corrected chi connectivity index (χ1v) is 10.9. The number of para-hydroxylation sites is 1. The molecule has 9 heteroatoms. The Hall–Kier alpha value is -3.33. The molecule has 0 aliphatic carbocycles. The van der Waals surface area contributed by atoms with Gasteiger partial charge in [0, 0.05) is 23.4 Å². The van der Waals surface area contributed by atoms with Crippen LogP contribution in [0.1, 0.15) is 16.7 Å². The number of sulfone groups is 1. The molecule has 154 valence electrons. The SMILES string of the molecule is Cc1cc(F)ccc1C1=NC(S(C)(=O)=O)Nc2c1ccc(=O)n2-c1ccccc1F. The lowest BCUT2D eigenvalue weighted by atomic mass is 9.97. The van der Waals surface area contributed by atoms with Crippen molar-refractivity contribution >= 4 is 21.4 Å². The first kappa shape index (κ1) is 20.0. The Morgan fingerprint density at radius 3 is 2.40 bits per heavy atom. The monoisotopic (exact) mass is 429 g/mol. The van der Waals surface area contributed by atoms with E-state index in [0.717, 1.165) is 10.8 Å². The quantitative estimate of drug-likeness (QED) is 0.694. The van der Waals surface area contributed by atoms with Crippen LogP contribution < -0.4 is 10.9 Å². The molecule has 2 aromatic carbocycles. The van der Waals surface area contributed by atoms with Crippen molar-refractivity contribution in [1.29, 1.82) is 0 Å². The molecular weight excluding hydrogens is 412 g/mol. The third kappa shape index (κ3) is 3.41. The summed E-state index contributed by atoms with van der Waals surface area (Å²) in [5, 5.41) is 2.75. The van der Waals surface area contributed by atoms with E-state index in [-0.39, 0.29) is 17.2 Å². The zero-order valence-corrected chi connectivity index (χ0v) is 16.9. The van der Waals surface area contributed by atoms with Crippen LogP contribution in [0.2, 0.25) is 0 Å². The minimum Gasteiger partial charge on any atom is -0.336 e. The fourth-order valence-electron chi connectivity index (χ4n) is 3.39. The number of nitrogens with zero attached hydrogens (tertiary/aromatic N) is 2. The van der Waals surface area contributed by atoms with Crippen molar-refractivity contribution < 1.29 is 17.2 Å². The maximum Gasteiger partial charge on any atom is 0.256 e. The number of halogens is 2. The van der Waals surface area contributed by atoms with Crippen molar-refractivity contribution in [3.63, 3.8) is 0 Å². The maximum absolute atomic E-state index is 14.5. The second kappa shape index (κ2) is 7.17. The molecule has 1 unspecified atom stereocenters. The van der Waals surface area contributed by atoms with Gasteiger partial charge in [0.05, 0.1) is 11.4 Å². The van der Waals surface area contributed by atoms with Crippen LogP contribution in [0.15, 0.2) is 64.4 Å². The van der Waals surface area contributed by atoms with E-state index in [0.29, 0.717) is 16.7 Å². The number of nitrogens with one attached hydrogen (secondary N) is 1. The Morgan fingerprint density at radius 2 is 1.73 bits per heavy atom. The molecule has 30 heavy (non-hydrogen) atoms. The highest BCUT2D eigenvalue weighted by Gasteiger charge is 2.31. The topological polar surface area (TPSA) is 80.5 Å². The zero-order chi connectivity index (χ0) is 21.6. The summed E-state index contributed by atoms with van der Waals surface area (Å²) in [4.78, 5) is 17.0. The Kier molecular flexibility index (Phi) is 4.77. The summed E-state index contributed by atoms with van der Waals surface area (Å²) >= 11 is 0. The Morgan fingerprint density at radius 1 is 1.03 bits per heavy atom. The fraction of sp³-hybridized carbons (Fsp3) is 0.143. The molecule has 0 amide bonds. The number of aryl methyl sites for hydroxylation is 1. The number of hydrogen-bond acceptors (Lipinski definition) is 5. The van der Waals surface area contributed by atoms with Crippen LogP contribution in [0, 0.1) is 18.6 Å². The Labute approximate surface area is 171 Å². The van der Waals surface area contributed by atoms with Crippen LogP contribution in [-0.4, -0.2) is 30.5 Å². The molecule has 4 rings (SSSR count). The van der Waals surface area contributed by atoms with Gasteiger partial charge in [-0.05, 0) is 48.9 Å². The third-order valence-electron chi connectivity index (χ3n) is 4.80. The predicted molar refractivity (Wildman–Crippen MR) is 111 cm³/mol. The smallest absolute Gasteiger partial charge is 0.256 e. The lowest BCUT2D eigenvalue weighted by molar-refractivity contribution is 0.591. The molecule has 1 N–H and O–H groups in total. The molecule has 0 spiro atoms. The van der Waals surface area contributed by atoms with Crippen LogP contribution in [0.3, 0.4) is 0 Å². The van der Waals surface area contributed by atoms with Gasteiger partial charge in [-0.15, -0.1) is 0 Å². The summed E-state index contributed by atoms with van der Waals surface area (Å²) in [5.41, 5.74) is -0.269. The standard InChI is InChI=1S/C21H17F2N3O3S/c1-12-11-13(22)7-8-14(12)19-15-9-10-18(27)26(17-6-4-3-5-16(17)23)20(15)25-21(24-19)30(2,28)29/h3-11,21,25H,1-2H3. The molecular formula is C21H17F2N3O3S. The van der Waals surface area contributed by atoms with Crippen molar-refractivity contribution in [2.75, 3.05) is 11.6 Å². The number of aliphatic imine (C=N–C) groups is 1. The van der Waals surface area contributed by atoms with Gasteiger partial charge in [-0.1, -0.05) is 12.1 Å². The molecule has 3 aromatic rings. The molecule has 0 fully saturated rings. The molecule has 0 saturated carbocycles. The third-order valence-corrected chi connectivity index (χ3v) is 5.83. The second-order valence-electron chi connectivity index (χ2n) is 6.98. The van der Waals surface area contributed by atoms with E-state index < -0.39 is 32.5 Å². The van der Waals surface area contributed by atoms with Crippen molar-refractivity contribution in [3.05, 3.63) is 93.3 Å². The molecule has 0 bridgehead atoms. The highest BCUT2D eigenvalue weighted by molar-refractivity contribution is 7.91. The first-order valence-electron chi connectivity index (χ1n) is 8.98. The van der Waals surface area contributed by atoms with E-state index in [4.69, 9.17) is 0 Å². The molecule has 1 aliphatic rings. The Bertz CT molecular complexity index is 1360. The number of anilines is 1. The highest BCUT2D eigenvalue weighted by Crippen LogP contribution is 2.30. The molecule has 1 atom stereocenters. The number of benzene rings is 2. The number of hydrogen-bond donors (Lipinski definition) is 1. The Balaban J connectivity index is 2.05. The first-order chi connectivity index (χ1) is 14.2. The van der Waals surface area contributed by atoms with Gasteiger partial charge in [-0.2, -0.15) is 0 Å². The van der Waals surface area contributed by atoms with Gasteiger partial charge in [0.1, 0.15) is 17.5 Å². The molecule has 0 saturated heterocycles. The summed E-state index contributed by atoms with van der Waals surface area (Å²) in [6.07, 6.45) is 1.00. The van der Waals surface area contributed by atoms with Crippen molar-refractivity contribution in [2.45, 2.75) is 12.4 Å². The number of fused-ring (bicyclic) bond motifs is 1. The molecule has 6 nitrogen and oxygen atoms in total. The highest BCUT2D eigenvalue weighted by atomic mass is 32.2. The van der Waals surface area contributed by atoms with E-state index in [2.05, 4.69) is 10.3 Å². The van der Waals surface area contributed by atoms with Crippen LogP contribution in [0.25, 0.3) is 5.69 Å². The summed E-state index contributed by atoms with van der Waals surface area (Å²) in [5.74, 6) is -0.994. The van der Waals surface area contributed by atoms with Crippen LogP contribution in [0.5, 0.6) is 0 Å². The number of rotatable bonds is 3. The van der Waals surface area contributed by atoms with Gasteiger partial charge in [0.2, 0.25) is 5.50 Å². The summed E-state index contributed by atoms with van der Waals surface area (Å²) in [6.45, 7) is 1.67. The van der Waals surface area contributed by atoms with Gasteiger partial charge in [-0.3, -0.25) is 9.36 Å². The molecule has 2 heterocycles. The normalized spacial score (nSPS) is 15.9. The minimum absolute atomic E-state index is 0.0313. The number of pyridine rings is 1. The van der Waals surface area contributed by atoms with Gasteiger partial charge < -0.3 is 5.32 Å². The van der Waals surface area contributed by atoms with E-state index in [1.165, 1.54) is 48.5 Å². The van der Waals surface area contributed by atoms with Crippen molar-refractivity contribution in [3.8, 4) is 5.69 Å². The summed E-state index contributed by atoms with van der Waals surface area (Å²) in [6, 6.07) is 12.5. The van der Waals surface area contributed by atoms with Crippen molar-refractivity contribution in [1.82, 2.24) is 4.57 Å². The average molecular weight is 429 g/mol. The van der Waals surface area contributed by atoms with Crippen LogP contribution in [0.4, 0.5) is 14.6 Å². The summed E-state index contributed by atoms with van der Waals surface area (Å²) < 4.78 is 53.9. The minimum atomic E-state index is -3.73. The average Bonchev–Trinajstić information content (AvgIpc) is 2.67. The fourth-order valence-corrected chi connectivity index (χ4v) is 4.01. The van der Waals surface area contributed by atoms with Gasteiger partial charge in [0.15, 0.2) is 9.84 Å². The van der Waals surface area contributed by atoms with Crippen molar-refractivity contribution in [2.24, 2.45) is 4.99 Å². The van der Waals surface area contributed by atoms with E-state index >= 15 is 0 Å². The van der Waals surface area contributed by atoms with Crippen LogP contribution >= 0.6 is 0 Å². The lowest BCUT2D eigenvalue weighted by Crippen LogP contribution is -2.37. The predicted octanol–water partition coefficient (Wildman–Crippen LogP) is 3.02. The number of aromatic nitrogens is 1. The van der Waals surface area contributed by atoms with E-state index in [1.54, 1.807) is 13.0 Å². The van der Waals surface area contributed by atoms with E-state index in [1.807, 2.05) is 0 Å². The van der Waals surface area contributed by atoms with Gasteiger partial charge >= 0.3 is 0 Å².